The van der Waals surface area contributed by atoms with Gasteiger partial charge in [-0.3, -0.25) is 11.3 Å². The molecular formula is C11H18N2OS. The highest BCUT2D eigenvalue weighted by Gasteiger charge is 2.27. The van der Waals surface area contributed by atoms with Crippen LogP contribution < -0.4 is 15.5 Å². The minimum Gasteiger partial charge on any atom is -0.428 e. The summed E-state index contributed by atoms with van der Waals surface area (Å²) in [7, 11) is 0. The monoisotopic (exact) mass is 226 g/mol. The molecule has 1 unspecified atom stereocenters. The second kappa shape index (κ2) is 4.88. The van der Waals surface area contributed by atoms with Crippen LogP contribution in [0.1, 0.15) is 31.4 Å². The Morgan fingerprint density at radius 2 is 2.20 bits per heavy atom. The maximum Gasteiger partial charge on any atom is 0.144 e. The van der Waals surface area contributed by atoms with Crippen LogP contribution in [0.3, 0.4) is 0 Å². The first-order valence-corrected chi connectivity index (χ1v) is 5.35. The average Bonchev–Trinajstić information content (AvgIpc) is 2.27. The van der Waals surface area contributed by atoms with E-state index in [4.69, 9.17) is 10.0 Å². The standard InChI is InChI=1S/C11H18N2OS/c1-4-11(3,13-12)9-7-5-6-8(2)10(9)14-15/h5-7,13,15H,4,12H2,1-3H3. The Labute approximate surface area is 96.6 Å². The molecule has 3 nitrogen and oxygen atoms in total. The molecule has 0 bridgehead atoms. The molecule has 0 aliphatic heterocycles. The van der Waals surface area contributed by atoms with Crippen LogP contribution >= 0.6 is 12.9 Å². The zero-order valence-corrected chi connectivity index (χ0v) is 10.3. The minimum atomic E-state index is -0.288. The number of aryl methyl sites for hydroxylation is 1. The van der Waals surface area contributed by atoms with E-state index in [9.17, 15) is 0 Å². The molecule has 0 aliphatic rings. The molecule has 3 N–H and O–H groups in total. The third kappa shape index (κ3) is 2.27. The van der Waals surface area contributed by atoms with Gasteiger partial charge in [0.2, 0.25) is 0 Å². The largest absolute Gasteiger partial charge is 0.428 e. The zero-order valence-electron chi connectivity index (χ0n) is 9.37. The van der Waals surface area contributed by atoms with Gasteiger partial charge in [-0.15, -0.1) is 0 Å². The summed E-state index contributed by atoms with van der Waals surface area (Å²) < 4.78 is 5.12. The third-order valence-corrected chi connectivity index (χ3v) is 3.11. The maximum atomic E-state index is 5.59. The lowest BCUT2D eigenvalue weighted by atomic mass is 9.88. The van der Waals surface area contributed by atoms with Crippen molar-refractivity contribution < 1.29 is 4.18 Å². The van der Waals surface area contributed by atoms with Gasteiger partial charge in [-0.2, -0.15) is 0 Å². The highest BCUT2D eigenvalue weighted by atomic mass is 32.1. The number of hydrazine groups is 1. The van der Waals surface area contributed by atoms with Crippen molar-refractivity contribution in [3.8, 4) is 5.75 Å². The fourth-order valence-corrected chi connectivity index (χ4v) is 1.82. The molecule has 0 amide bonds. The zero-order chi connectivity index (χ0) is 11.5. The second-order valence-corrected chi connectivity index (χ2v) is 4.06. The van der Waals surface area contributed by atoms with Crippen molar-refractivity contribution in [1.29, 1.82) is 0 Å². The molecule has 0 heterocycles. The van der Waals surface area contributed by atoms with Gasteiger partial charge in [0.05, 0.1) is 5.54 Å². The number of hydrogen-bond acceptors (Lipinski definition) is 4. The first kappa shape index (κ1) is 12.4. The van der Waals surface area contributed by atoms with Gasteiger partial charge in [-0.1, -0.05) is 25.1 Å². The molecule has 0 aromatic heterocycles. The topological polar surface area (TPSA) is 47.3 Å². The normalized spacial score (nSPS) is 14.7. The van der Waals surface area contributed by atoms with Crippen LogP contribution in [0.15, 0.2) is 18.2 Å². The predicted octanol–water partition coefficient (Wildman–Crippen LogP) is 2.31. The SMILES string of the molecule is CCC(C)(NN)c1cccc(C)c1OS. The van der Waals surface area contributed by atoms with Gasteiger partial charge in [0.25, 0.3) is 0 Å². The molecule has 1 aromatic rings. The molecule has 84 valence electrons. The number of rotatable bonds is 4. The summed E-state index contributed by atoms with van der Waals surface area (Å²) in [5, 5.41) is 0. The van der Waals surface area contributed by atoms with Crippen LogP contribution in [0.5, 0.6) is 5.75 Å². The molecule has 0 saturated carbocycles. The summed E-state index contributed by atoms with van der Waals surface area (Å²) in [4.78, 5) is 0. The van der Waals surface area contributed by atoms with Gasteiger partial charge in [0.15, 0.2) is 0 Å². The molecule has 1 rings (SSSR count). The lowest BCUT2D eigenvalue weighted by Gasteiger charge is -2.29. The molecule has 0 radical (unpaired) electrons. The Hall–Kier alpha value is -0.710. The van der Waals surface area contributed by atoms with Crippen LogP contribution in [0.2, 0.25) is 0 Å². The molecule has 15 heavy (non-hydrogen) atoms. The number of nitrogens with one attached hydrogen (secondary N) is 1. The number of benzene rings is 1. The lowest BCUT2D eigenvalue weighted by Crippen LogP contribution is -2.43. The van der Waals surface area contributed by atoms with Gasteiger partial charge >= 0.3 is 0 Å². The molecule has 0 saturated heterocycles. The second-order valence-electron chi connectivity index (χ2n) is 3.87. The van der Waals surface area contributed by atoms with Crippen LogP contribution in [-0.4, -0.2) is 0 Å². The molecule has 0 aliphatic carbocycles. The van der Waals surface area contributed by atoms with E-state index >= 15 is 0 Å². The van der Waals surface area contributed by atoms with E-state index in [1.165, 1.54) is 0 Å². The minimum absolute atomic E-state index is 0.288. The number of thiol groups is 1. The van der Waals surface area contributed by atoms with E-state index in [1.54, 1.807) is 0 Å². The van der Waals surface area contributed by atoms with Crippen LogP contribution in [0.4, 0.5) is 0 Å². The van der Waals surface area contributed by atoms with E-state index in [2.05, 4.69) is 25.3 Å². The Bertz CT molecular complexity index is 337. The van der Waals surface area contributed by atoms with Crippen molar-refractivity contribution in [2.75, 3.05) is 0 Å². The van der Waals surface area contributed by atoms with Crippen LogP contribution in [0.25, 0.3) is 0 Å². The number of para-hydroxylation sites is 1. The first-order chi connectivity index (χ1) is 7.09. The summed E-state index contributed by atoms with van der Waals surface area (Å²) in [6.07, 6.45) is 0.872. The van der Waals surface area contributed by atoms with E-state index in [0.29, 0.717) is 0 Å². The van der Waals surface area contributed by atoms with Gasteiger partial charge in [0, 0.05) is 18.5 Å². The van der Waals surface area contributed by atoms with Crippen molar-refractivity contribution >= 4 is 12.9 Å². The molecule has 0 spiro atoms. The summed E-state index contributed by atoms with van der Waals surface area (Å²) in [5.74, 6) is 6.37. The quantitative estimate of drug-likeness (QED) is 0.319. The first-order valence-electron chi connectivity index (χ1n) is 4.98. The maximum absolute atomic E-state index is 5.59. The van der Waals surface area contributed by atoms with Crippen LogP contribution in [-0.2, 0) is 5.54 Å². The lowest BCUT2D eigenvalue weighted by molar-refractivity contribution is 0.354. The van der Waals surface area contributed by atoms with Gasteiger partial charge < -0.3 is 4.18 Å². The smallest absolute Gasteiger partial charge is 0.144 e. The summed E-state index contributed by atoms with van der Waals surface area (Å²) in [6, 6.07) is 5.98. The Morgan fingerprint density at radius 1 is 1.53 bits per heavy atom. The molecular weight excluding hydrogens is 208 g/mol. The summed E-state index contributed by atoms with van der Waals surface area (Å²) in [6.45, 7) is 6.10. The van der Waals surface area contributed by atoms with Gasteiger partial charge in [0.1, 0.15) is 5.75 Å². The van der Waals surface area contributed by atoms with Crippen LogP contribution in [0, 0.1) is 6.92 Å². The van der Waals surface area contributed by atoms with Crippen molar-refractivity contribution in [2.24, 2.45) is 5.84 Å². The van der Waals surface area contributed by atoms with Gasteiger partial charge in [-0.25, -0.2) is 0 Å². The highest BCUT2D eigenvalue weighted by molar-refractivity contribution is 7.75. The Kier molecular flexibility index (Phi) is 4.02. The summed E-state index contributed by atoms with van der Waals surface area (Å²) in [5.41, 5.74) is 4.63. The Morgan fingerprint density at radius 3 is 2.67 bits per heavy atom. The van der Waals surface area contributed by atoms with Crippen molar-refractivity contribution in [2.45, 2.75) is 32.7 Å². The fourth-order valence-electron chi connectivity index (χ4n) is 1.58. The van der Waals surface area contributed by atoms with E-state index in [1.807, 2.05) is 32.0 Å². The fraction of sp³-hybridized carbons (Fsp3) is 0.455. The predicted molar refractivity (Wildman–Crippen MR) is 65.8 cm³/mol. The van der Waals surface area contributed by atoms with E-state index in [-0.39, 0.29) is 5.54 Å². The average molecular weight is 226 g/mol. The van der Waals surface area contributed by atoms with E-state index in [0.717, 1.165) is 23.3 Å². The van der Waals surface area contributed by atoms with Crippen molar-refractivity contribution in [1.82, 2.24) is 5.43 Å². The third-order valence-electron chi connectivity index (χ3n) is 2.92. The summed E-state index contributed by atoms with van der Waals surface area (Å²) >= 11 is 3.89. The van der Waals surface area contributed by atoms with Crippen molar-refractivity contribution in [3.05, 3.63) is 29.3 Å². The Balaban J connectivity index is 3.29. The van der Waals surface area contributed by atoms with Gasteiger partial charge in [-0.05, 0) is 25.8 Å². The molecule has 1 atom stereocenters. The molecule has 1 aromatic carbocycles. The highest BCUT2D eigenvalue weighted by Crippen LogP contribution is 2.34. The van der Waals surface area contributed by atoms with Crippen molar-refractivity contribution in [3.63, 3.8) is 0 Å². The molecule has 0 fully saturated rings. The number of nitrogens with two attached hydrogens (primary N) is 1. The van der Waals surface area contributed by atoms with E-state index < -0.39 is 0 Å². The number of hydrogen-bond donors (Lipinski definition) is 3. The molecule has 4 heteroatoms.